The van der Waals surface area contributed by atoms with Crippen LogP contribution < -0.4 is 5.32 Å². The number of aliphatic imine (C=N–C) groups is 1. The van der Waals surface area contributed by atoms with Crippen LogP contribution in [-0.4, -0.2) is 72.8 Å². The zero-order valence-electron chi connectivity index (χ0n) is 12.3. The third-order valence-corrected chi connectivity index (χ3v) is 4.11. The maximum Gasteiger partial charge on any atom is 0.194 e. The van der Waals surface area contributed by atoms with Gasteiger partial charge in [0.05, 0.1) is 6.10 Å². The first-order chi connectivity index (χ1) is 9.22. The number of nitrogens with zero attached hydrogens (tertiary/aromatic N) is 3. The van der Waals surface area contributed by atoms with E-state index in [4.69, 9.17) is 4.99 Å². The summed E-state index contributed by atoms with van der Waals surface area (Å²) in [5.41, 5.74) is 0. The molecule has 2 aliphatic heterocycles. The van der Waals surface area contributed by atoms with Gasteiger partial charge >= 0.3 is 0 Å². The average molecular weight is 268 g/mol. The van der Waals surface area contributed by atoms with Gasteiger partial charge in [0.1, 0.15) is 0 Å². The highest BCUT2D eigenvalue weighted by atomic mass is 16.3. The van der Waals surface area contributed by atoms with Crippen molar-refractivity contribution in [2.45, 2.75) is 32.8 Å². The second kappa shape index (κ2) is 7.10. The number of hydrogen-bond acceptors (Lipinski definition) is 3. The van der Waals surface area contributed by atoms with Crippen molar-refractivity contribution < 1.29 is 5.11 Å². The number of aliphatic hydroxyl groups is 1. The van der Waals surface area contributed by atoms with E-state index in [-0.39, 0.29) is 6.10 Å². The fourth-order valence-electron chi connectivity index (χ4n) is 2.92. The molecule has 0 amide bonds. The third kappa shape index (κ3) is 4.08. The van der Waals surface area contributed by atoms with Gasteiger partial charge in [-0.1, -0.05) is 6.92 Å². The second-order valence-corrected chi connectivity index (χ2v) is 5.63. The van der Waals surface area contributed by atoms with Gasteiger partial charge in [0.2, 0.25) is 0 Å². The van der Waals surface area contributed by atoms with Crippen molar-refractivity contribution >= 4 is 5.96 Å². The van der Waals surface area contributed by atoms with Gasteiger partial charge in [-0.2, -0.15) is 0 Å². The molecule has 2 heterocycles. The minimum absolute atomic E-state index is 0.189. The van der Waals surface area contributed by atoms with Gasteiger partial charge in [0, 0.05) is 32.7 Å². The van der Waals surface area contributed by atoms with Gasteiger partial charge < -0.3 is 20.2 Å². The van der Waals surface area contributed by atoms with Crippen LogP contribution in [-0.2, 0) is 0 Å². The summed E-state index contributed by atoms with van der Waals surface area (Å²) in [5.74, 6) is 1.68. The van der Waals surface area contributed by atoms with Crippen molar-refractivity contribution in [3.63, 3.8) is 0 Å². The van der Waals surface area contributed by atoms with Gasteiger partial charge in [0.15, 0.2) is 5.96 Å². The monoisotopic (exact) mass is 268 g/mol. The Morgan fingerprint density at radius 3 is 2.68 bits per heavy atom. The zero-order valence-corrected chi connectivity index (χ0v) is 12.3. The Morgan fingerprint density at radius 1 is 1.26 bits per heavy atom. The maximum atomic E-state index is 9.63. The van der Waals surface area contributed by atoms with Gasteiger partial charge in [-0.25, -0.2) is 0 Å². The van der Waals surface area contributed by atoms with Gasteiger partial charge in [0.25, 0.3) is 0 Å². The Hall–Kier alpha value is -0.810. The number of likely N-dealkylation sites (tertiary alicyclic amines) is 2. The minimum atomic E-state index is -0.189. The third-order valence-electron chi connectivity index (χ3n) is 4.11. The van der Waals surface area contributed by atoms with E-state index in [1.54, 1.807) is 0 Å². The smallest absolute Gasteiger partial charge is 0.194 e. The Kier molecular flexibility index (Phi) is 5.45. The lowest BCUT2D eigenvalue weighted by molar-refractivity contribution is 0.187. The number of guanidine groups is 1. The molecule has 0 bridgehead atoms. The van der Waals surface area contributed by atoms with Crippen LogP contribution in [0.25, 0.3) is 0 Å². The minimum Gasteiger partial charge on any atom is -0.391 e. The van der Waals surface area contributed by atoms with Crippen LogP contribution in [0.5, 0.6) is 0 Å². The van der Waals surface area contributed by atoms with Gasteiger partial charge in [-0.05, 0) is 38.8 Å². The lowest BCUT2D eigenvalue weighted by Crippen LogP contribution is -2.40. The first-order valence-electron chi connectivity index (χ1n) is 7.66. The fraction of sp³-hybridized carbons (Fsp3) is 0.929. The van der Waals surface area contributed by atoms with Crippen LogP contribution in [0.15, 0.2) is 4.99 Å². The molecule has 0 spiro atoms. The molecule has 5 nitrogen and oxygen atoms in total. The lowest BCUT2D eigenvalue weighted by atomic mass is 10.1. The summed E-state index contributed by atoms with van der Waals surface area (Å²) in [6.07, 6.45) is 1.93. The molecule has 19 heavy (non-hydrogen) atoms. The predicted octanol–water partition coefficient (Wildman–Crippen LogP) is 0.360. The summed E-state index contributed by atoms with van der Waals surface area (Å²) in [6, 6.07) is 0. The highest BCUT2D eigenvalue weighted by Gasteiger charge is 2.24. The molecule has 0 radical (unpaired) electrons. The van der Waals surface area contributed by atoms with Crippen molar-refractivity contribution in [3.05, 3.63) is 0 Å². The topological polar surface area (TPSA) is 51.1 Å². The molecule has 2 saturated heterocycles. The van der Waals surface area contributed by atoms with E-state index in [0.717, 1.165) is 45.1 Å². The number of β-amino-alcohol motifs (C(OH)–C–C–N with tert-alkyl or cyclic N) is 1. The molecule has 0 aromatic heterocycles. The molecular weight excluding hydrogens is 240 g/mol. The van der Waals surface area contributed by atoms with Crippen LogP contribution in [0.1, 0.15) is 26.7 Å². The molecular formula is C14H28N4O. The molecule has 0 saturated carbocycles. The Morgan fingerprint density at radius 2 is 2.11 bits per heavy atom. The molecule has 2 rings (SSSR count). The largest absolute Gasteiger partial charge is 0.391 e. The summed E-state index contributed by atoms with van der Waals surface area (Å²) >= 11 is 0. The predicted molar refractivity (Wildman–Crippen MR) is 78.4 cm³/mol. The number of rotatable bonds is 4. The molecule has 110 valence electrons. The summed E-state index contributed by atoms with van der Waals surface area (Å²) in [6.45, 7) is 11.3. The molecule has 2 aliphatic rings. The SMILES string of the molecule is CCNC(=NCC1CCN(CC)C1)N1CC[C@@H](O)C1. The zero-order chi connectivity index (χ0) is 13.7. The molecule has 0 aromatic rings. The summed E-state index contributed by atoms with van der Waals surface area (Å²) < 4.78 is 0. The van der Waals surface area contributed by atoms with Crippen LogP contribution >= 0.6 is 0 Å². The molecule has 5 heteroatoms. The van der Waals surface area contributed by atoms with Crippen LogP contribution in [0.2, 0.25) is 0 Å². The van der Waals surface area contributed by atoms with Crippen molar-refractivity contribution in [1.29, 1.82) is 0 Å². The lowest BCUT2D eigenvalue weighted by Gasteiger charge is -2.21. The fourth-order valence-corrected chi connectivity index (χ4v) is 2.92. The van der Waals surface area contributed by atoms with E-state index < -0.39 is 0 Å². The van der Waals surface area contributed by atoms with Crippen molar-refractivity contribution in [3.8, 4) is 0 Å². The molecule has 0 aliphatic carbocycles. The normalized spacial score (nSPS) is 29.2. The van der Waals surface area contributed by atoms with Gasteiger partial charge in [-0.3, -0.25) is 4.99 Å². The van der Waals surface area contributed by atoms with Crippen molar-refractivity contribution in [1.82, 2.24) is 15.1 Å². The quantitative estimate of drug-likeness (QED) is 0.571. The Labute approximate surface area is 116 Å². The Bertz CT molecular complexity index is 308. The Balaban J connectivity index is 1.86. The highest BCUT2D eigenvalue weighted by Crippen LogP contribution is 2.16. The summed E-state index contributed by atoms with van der Waals surface area (Å²) in [7, 11) is 0. The van der Waals surface area contributed by atoms with E-state index >= 15 is 0 Å². The average Bonchev–Trinajstić information content (AvgIpc) is 3.03. The summed E-state index contributed by atoms with van der Waals surface area (Å²) in [4.78, 5) is 9.45. The van der Waals surface area contributed by atoms with Crippen LogP contribution in [0.3, 0.4) is 0 Å². The number of aliphatic hydroxyl groups excluding tert-OH is 1. The van der Waals surface area contributed by atoms with Crippen LogP contribution in [0.4, 0.5) is 0 Å². The van der Waals surface area contributed by atoms with Crippen molar-refractivity contribution in [2.24, 2.45) is 10.9 Å². The van der Waals surface area contributed by atoms with E-state index in [0.29, 0.717) is 5.92 Å². The molecule has 0 aromatic carbocycles. The second-order valence-electron chi connectivity index (χ2n) is 5.63. The van der Waals surface area contributed by atoms with E-state index in [1.165, 1.54) is 19.5 Å². The maximum absolute atomic E-state index is 9.63. The van der Waals surface area contributed by atoms with E-state index in [1.807, 2.05) is 0 Å². The first kappa shape index (κ1) is 14.6. The highest BCUT2D eigenvalue weighted by molar-refractivity contribution is 5.80. The van der Waals surface area contributed by atoms with E-state index in [2.05, 4.69) is 29.0 Å². The van der Waals surface area contributed by atoms with E-state index in [9.17, 15) is 5.11 Å². The number of nitrogens with one attached hydrogen (secondary N) is 1. The molecule has 2 fully saturated rings. The first-order valence-corrected chi connectivity index (χ1v) is 7.66. The standard InChI is InChI=1S/C14H28N4O/c1-3-15-14(18-8-6-13(19)11-18)16-9-12-5-7-17(4-2)10-12/h12-13,19H,3-11H2,1-2H3,(H,15,16)/t12?,13-/m1/s1. The molecule has 2 N–H and O–H groups in total. The van der Waals surface area contributed by atoms with Crippen molar-refractivity contribution in [2.75, 3.05) is 45.8 Å². The molecule has 1 unspecified atom stereocenters. The molecule has 2 atom stereocenters. The van der Waals surface area contributed by atoms with Crippen LogP contribution in [0, 0.1) is 5.92 Å². The van der Waals surface area contributed by atoms with Gasteiger partial charge in [-0.15, -0.1) is 0 Å². The number of hydrogen-bond donors (Lipinski definition) is 2. The summed E-state index contributed by atoms with van der Waals surface area (Å²) in [5, 5.41) is 13.0.